The van der Waals surface area contributed by atoms with Crippen LogP contribution in [0.4, 0.5) is 0 Å². The van der Waals surface area contributed by atoms with Crippen LogP contribution in [0.2, 0.25) is 0 Å². The molecule has 0 heterocycles. The van der Waals surface area contributed by atoms with Crippen molar-refractivity contribution in [3.05, 3.63) is 28.8 Å². The summed E-state index contributed by atoms with van der Waals surface area (Å²) in [5, 5.41) is 10.7. The van der Waals surface area contributed by atoms with Crippen molar-refractivity contribution in [2.45, 2.75) is 20.4 Å². The van der Waals surface area contributed by atoms with Crippen molar-refractivity contribution in [3.8, 4) is 11.8 Å². The molecule has 0 spiro atoms. The van der Waals surface area contributed by atoms with Crippen LogP contribution >= 0.6 is 0 Å². The van der Waals surface area contributed by atoms with Crippen molar-refractivity contribution >= 4 is 5.91 Å². The van der Waals surface area contributed by atoms with Crippen molar-refractivity contribution in [3.63, 3.8) is 0 Å². The van der Waals surface area contributed by atoms with Crippen LogP contribution in [0.15, 0.2) is 12.1 Å². The lowest BCUT2D eigenvalue weighted by Gasteiger charge is -2.13. The van der Waals surface area contributed by atoms with E-state index in [0.29, 0.717) is 12.3 Å². The van der Waals surface area contributed by atoms with Crippen LogP contribution in [-0.2, 0) is 11.3 Å². The Bertz CT molecular complexity index is 455. The van der Waals surface area contributed by atoms with Crippen molar-refractivity contribution < 1.29 is 9.53 Å². The minimum Gasteiger partial charge on any atom is -0.483 e. The number of nitrogens with one attached hydrogen (secondary N) is 1. The van der Waals surface area contributed by atoms with Gasteiger partial charge in [0.05, 0.1) is 6.07 Å². The Hall–Kier alpha value is -2.06. The molecule has 1 rings (SSSR count). The van der Waals surface area contributed by atoms with Crippen LogP contribution in [0.5, 0.6) is 5.75 Å². The Balaban J connectivity index is 2.68. The molecule has 0 saturated carbocycles. The number of amides is 1. The van der Waals surface area contributed by atoms with Gasteiger partial charge < -0.3 is 15.8 Å². The average Bonchev–Trinajstić information content (AvgIpc) is 2.34. The maximum absolute atomic E-state index is 11.3. The second-order valence-electron chi connectivity index (χ2n) is 3.99. The zero-order valence-electron chi connectivity index (χ0n) is 10.6. The van der Waals surface area contributed by atoms with E-state index in [-0.39, 0.29) is 19.1 Å². The quantitative estimate of drug-likeness (QED) is 0.753. The number of nitrogens with zero attached hydrogens (tertiary/aromatic N) is 1. The molecule has 0 radical (unpaired) electrons. The highest BCUT2D eigenvalue weighted by Gasteiger charge is 2.08. The van der Waals surface area contributed by atoms with E-state index in [1.54, 1.807) is 0 Å². The number of carbonyl (C=O) groups excluding carboxylic acids is 1. The number of rotatable bonds is 5. The molecule has 0 bridgehead atoms. The Kier molecular flexibility index (Phi) is 5.15. The smallest absolute Gasteiger partial charge is 0.258 e. The highest BCUT2D eigenvalue weighted by Crippen LogP contribution is 2.24. The summed E-state index contributed by atoms with van der Waals surface area (Å²) in [5.74, 6) is 0.387. The number of hydrogen-bond donors (Lipinski definition) is 2. The molecule has 1 amide bonds. The van der Waals surface area contributed by atoms with E-state index in [4.69, 9.17) is 15.7 Å². The summed E-state index contributed by atoms with van der Waals surface area (Å²) < 4.78 is 5.46. The molecule has 5 nitrogen and oxygen atoms in total. The third kappa shape index (κ3) is 3.75. The molecule has 5 heteroatoms. The fourth-order valence-corrected chi connectivity index (χ4v) is 1.71. The zero-order valence-corrected chi connectivity index (χ0v) is 10.6. The second-order valence-corrected chi connectivity index (χ2v) is 3.99. The van der Waals surface area contributed by atoms with Gasteiger partial charge in [0.25, 0.3) is 5.91 Å². The molecule has 96 valence electrons. The molecule has 0 aliphatic rings. The summed E-state index contributed by atoms with van der Waals surface area (Å²) in [7, 11) is 0. The molecule has 18 heavy (non-hydrogen) atoms. The van der Waals surface area contributed by atoms with Gasteiger partial charge in [0.1, 0.15) is 12.3 Å². The van der Waals surface area contributed by atoms with Gasteiger partial charge in [-0.05, 0) is 30.5 Å². The highest BCUT2D eigenvalue weighted by atomic mass is 16.5. The first-order valence-electron chi connectivity index (χ1n) is 5.65. The number of nitrogens with two attached hydrogens (primary N) is 1. The van der Waals surface area contributed by atoms with Crippen LogP contribution in [0.3, 0.4) is 0 Å². The molecule has 0 fully saturated rings. The predicted octanol–water partition coefficient (Wildman–Crippen LogP) is 0.781. The molecule has 0 aliphatic carbocycles. The zero-order chi connectivity index (χ0) is 13.5. The molecule has 3 N–H and O–H groups in total. The average molecular weight is 247 g/mol. The fourth-order valence-electron chi connectivity index (χ4n) is 1.71. The van der Waals surface area contributed by atoms with Crippen molar-refractivity contribution in [2.24, 2.45) is 5.73 Å². The first-order chi connectivity index (χ1) is 8.58. The summed E-state index contributed by atoms with van der Waals surface area (Å²) >= 11 is 0. The molecule has 0 saturated heterocycles. The van der Waals surface area contributed by atoms with Gasteiger partial charge in [-0.25, -0.2) is 0 Å². The summed E-state index contributed by atoms with van der Waals surface area (Å²) in [5.41, 5.74) is 8.51. The molecule has 0 atom stereocenters. The number of ether oxygens (including phenoxy) is 1. The molecule has 1 aromatic carbocycles. The topological polar surface area (TPSA) is 88.1 Å². The van der Waals surface area contributed by atoms with Gasteiger partial charge in [0.2, 0.25) is 0 Å². The molecule has 0 aliphatic heterocycles. The van der Waals surface area contributed by atoms with E-state index in [1.165, 1.54) is 0 Å². The summed E-state index contributed by atoms with van der Waals surface area (Å²) in [6, 6.07) is 5.71. The molecule has 0 unspecified atom stereocenters. The number of hydrogen-bond acceptors (Lipinski definition) is 4. The SMILES string of the molecule is Cc1cc(CN)cc(C)c1OCC(=O)NCC#N. The standard InChI is InChI=1S/C13H17N3O2/c1-9-5-11(7-15)6-10(2)13(9)18-8-12(17)16-4-3-14/h5-6H,4,7-8,15H2,1-2H3,(H,16,17). The maximum Gasteiger partial charge on any atom is 0.258 e. The number of benzene rings is 1. The largest absolute Gasteiger partial charge is 0.483 e. The van der Waals surface area contributed by atoms with Gasteiger partial charge in [-0.1, -0.05) is 12.1 Å². The maximum atomic E-state index is 11.3. The van der Waals surface area contributed by atoms with E-state index in [2.05, 4.69) is 5.32 Å². The van der Waals surface area contributed by atoms with Gasteiger partial charge >= 0.3 is 0 Å². The first-order valence-corrected chi connectivity index (χ1v) is 5.65. The van der Waals surface area contributed by atoms with Gasteiger partial charge in [0.15, 0.2) is 6.61 Å². The number of nitriles is 1. The van der Waals surface area contributed by atoms with Gasteiger partial charge in [-0.15, -0.1) is 0 Å². The van der Waals surface area contributed by atoms with Gasteiger partial charge in [-0.3, -0.25) is 4.79 Å². The summed E-state index contributed by atoms with van der Waals surface area (Å²) in [4.78, 5) is 11.3. The van der Waals surface area contributed by atoms with E-state index >= 15 is 0 Å². The van der Waals surface area contributed by atoms with E-state index in [9.17, 15) is 4.79 Å². The lowest BCUT2D eigenvalue weighted by atomic mass is 10.1. The highest BCUT2D eigenvalue weighted by molar-refractivity contribution is 5.77. The molecule has 0 aromatic heterocycles. The van der Waals surface area contributed by atoms with Crippen LogP contribution in [0, 0.1) is 25.2 Å². The van der Waals surface area contributed by atoms with Crippen LogP contribution in [-0.4, -0.2) is 19.1 Å². The Morgan fingerprint density at radius 3 is 2.56 bits per heavy atom. The number of aryl methyl sites for hydroxylation is 2. The van der Waals surface area contributed by atoms with Crippen molar-refractivity contribution in [2.75, 3.05) is 13.2 Å². The third-order valence-electron chi connectivity index (χ3n) is 2.47. The van der Waals surface area contributed by atoms with E-state index < -0.39 is 0 Å². The Labute approximate surface area is 107 Å². The predicted molar refractivity (Wildman–Crippen MR) is 67.9 cm³/mol. The van der Waals surface area contributed by atoms with Crippen LogP contribution < -0.4 is 15.8 Å². The van der Waals surface area contributed by atoms with Gasteiger partial charge in [0, 0.05) is 6.54 Å². The van der Waals surface area contributed by atoms with Crippen molar-refractivity contribution in [1.82, 2.24) is 5.32 Å². The van der Waals surface area contributed by atoms with Crippen LogP contribution in [0.25, 0.3) is 0 Å². The fraction of sp³-hybridized carbons (Fsp3) is 0.385. The summed E-state index contributed by atoms with van der Waals surface area (Å²) in [6.45, 7) is 4.20. The Morgan fingerprint density at radius 1 is 1.44 bits per heavy atom. The van der Waals surface area contributed by atoms with Crippen molar-refractivity contribution in [1.29, 1.82) is 5.26 Å². The lowest BCUT2D eigenvalue weighted by Crippen LogP contribution is -2.29. The summed E-state index contributed by atoms with van der Waals surface area (Å²) in [6.07, 6.45) is 0. The molecular formula is C13H17N3O2. The normalized spacial score (nSPS) is 9.67. The minimum atomic E-state index is -0.307. The lowest BCUT2D eigenvalue weighted by molar-refractivity contribution is -0.122. The Morgan fingerprint density at radius 2 is 2.06 bits per heavy atom. The number of carbonyl (C=O) groups is 1. The third-order valence-corrected chi connectivity index (χ3v) is 2.47. The van der Waals surface area contributed by atoms with E-state index in [0.717, 1.165) is 16.7 Å². The van der Waals surface area contributed by atoms with E-state index in [1.807, 2.05) is 32.0 Å². The monoisotopic (exact) mass is 247 g/mol. The van der Waals surface area contributed by atoms with Crippen LogP contribution in [0.1, 0.15) is 16.7 Å². The molecule has 1 aromatic rings. The van der Waals surface area contributed by atoms with Gasteiger partial charge in [-0.2, -0.15) is 5.26 Å². The minimum absolute atomic E-state index is 0.00767. The molecular weight excluding hydrogens is 230 g/mol. The first kappa shape index (κ1) is 14.0. The second kappa shape index (κ2) is 6.62.